The molecule has 0 bridgehead atoms. The van der Waals surface area contributed by atoms with Gasteiger partial charge in [-0.1, -0.05) is 31.4 Å². The summed E-state index contributed by atoms with van der Waals surface area (Å²) in [6, 6.07) is 0. The van der Waals surface area contributed by atoms with Gasteiger partial charge in [0, 0.05) is 12.1 Å². The van der Waals surface area contributed by atoms with E-state index in [9.17, 15) is 4.79 Å². The van der Waals surface area contributed by atoms with Gasteiger partial charge in [0.2, 0.25) is 0 Å². The van der Waals surface area contributed by atoms with Gasteiger partial charge in [0.15, 0.2) is 0 Å². The lowest BCUT2D eigenvalue weighted by molar-refractivity contribution is -0.116. The van der Waals surface area contributed by atoms with E-state index < -0.39 is 0 Å². The van der Waals surface area contributed by atoms with Gasteiger partial charge in [-0.2, -0.15) is 0 Å². The predicted molar refractivity (Wildman–Crippen MR) is 54.8 cm³/mol. The molecule has 70 valence electrons. The molecule has 0 aliphatic carbocycles. The van der Waals surface area contributed by atoms with Crippen molar-refractivity contribution < 1.29 is 4.79 Å². The minimum Gasteiger partial charge on any atom is -0.326 e. The summed E-state index contributed by atoms with van der Waals surface area (Å²) in [5.41, 5.74) is 1.12. The molecule has 0 aromatic rings. The number of nitrogens with one attached hydrogen (secondary N) is 1. The summed E-state index contributed by atoms with van der Waals surface area (Å²) in [6.07, 6.45) is 2.44. The second kappa shape index (κ2) is 6.07. The normalized spacial score (nSPS) is 9.92. The Morgan fingerprint density at radius 1 is 1.62 bits per heavy atom. The lowest BCUT2D eigenvalue weighted by Gasteiger charge is -2.01. The highest BCUT2D eigenvalue weighted by atomic mass is 16.1. The van der Waals surface area contributed by atoms with E-state index in [2.05, 4.69) is 23.7 Å². The summed E-state index contributed by atoms with van der Waals surface area (Å²) in [6.45, 7) is 9.05. The van der Waals surface area contributed by atoms with Crippen molar-refractivity contribution in [1.29, 1.82) is 0 Å². The number of allylic oxidation sites excluding steroid dienone is 2. The van der Waals surface area contributed by atoms with Gasteiger partial charge < -0.3 is 5.32 Å². The first-order chi connectivity index (χ1) is 6.11. The van der Waals surface area contributed by atoms with Crippen LogP contribution >= 0.6 is 0 Å². The van der Waals surface area contributed by atoms with Crippen LogP contribution in [0.5, 0.6) is 0 Å². The van der Waals surface area contributed by atoms with Gasteiger partial charge in [0.05, 0.1) is 5.57 Å². The van der Waals surface area contributed by atoms with Crippen molar-refractivity contribution in [2.24, 2.45) is 0 Å². The number of carbonyl (C=O) groups excluding carboxylic acids is 1. The van der Waals surface area contributed by atoms with Crippen LogP contribution < -0.4 is 5.32 Å². The molecular weight excluding hydrogens is 162 g/mol. The van der Waals surface area contributed by atoms with E-state index >= 15 is 0 Å². The maximum atomic E-state index is 11.3. The molecule has 0 rings (SSSR count). The molecular formula is C11H15NO. The van der Waals surface area contributed by atoms with Gasteiger partial charge >= 0.3 is 0 Å². The highest BCUT2D eigenvalue weighted by molar-refractivity contribution is 5.98. The number of carbonyl (C=O) groups is 1. The Labute approximate surface area is 79.7 Å². The number of hydrogen-bond acceptors (Lipinski definition) is 1. The van der Waals surface area contributed by atoms with Crippen LogP contribution in [-0.2, 0) is 4.79 Å². The zero-order valence-electron chi connectivity index (χ0n) is 8.40. The van der Waals surface area contributed by atoms with Crippen LogP contribution in [0.3, 0.4) is 0 Å². The molecule has 0 aromatic heterocycles. The molecule has 0 saturated heterocycles. The van der Waals surface area contributed by atoms with E-state index in [4.69, 9.17) is 0 Å². The fraction of sp³-hybridized carbons (Fsp3) is 0.364. The van der Waals surface area contributed by atoms with Crippen LogP contribution in [0.1, 0.15) is 27.2 Å². The molecule has 0 spiro atoms. The fourth-order valence-corrected chi connectivity index (χ4v) is 0.705. The molecule has 0 heterocycles. The molecule has 0 unspecified atom stereocenters. The Balaban J connectivity index is 4.43. The molecule has 2 nitrogen and oxygen atoms in total. The number of rotatable bonds is 2. The van der Waals surface area contributed by atoms with Crippen LogP contribution in [0, 0.1) is 11.8 Å². The Kier molecular flexibility index (Phi) is 5.38. The quantitative estimate of drug-likeness (QED) is 0.507. The maximum Gasteiger partial charge on any atom is 0.263 e. The second-order valence-corrected chi connectivity index (χ2v) is 2.59. The summed E-state index contributed by atoms with van der Waals surface area (Å²) in [5, 5.41) is 2.60. The van der Waals surface area contributed by atoms with E-state index in [1.807, 2.05) is 6.92 Å². The largest absolute Gasteiger partial charge is 0.326 e. The molecule has 0 aromatic carbocycles. The van der Waals surface area contributed by atoms with Crippen LogP contribution in [0.2, 0.25) is 0 Å². The Hall–Kier alpha value is -1.49. The average Bonchev–Trinajstić information content (AvgIpc) is 2.04. The zero-order valence-corrected chi connectivity index (χ0v) is 8.40. The predicted octanol–water partition coefficient (Wildman–Crippen LogP) is 2.00. The first kappa shape index (κ1) is 11.5. The van der Waals surface area contributed by atoms with Crippen LogP contribution in [0.4, 0.5) is 0 Å². The molecule has 0 fully saturated rings. The first-order valence-corrected chi connectivity index (χ1v) is 4.23. The maximum absolute atomic E-state index is 11.3. The molecule has 13 heavy (non-hydrogen) atoms. The van der Waals surface area contributed by atoms with E-state index in [0.29, 0.717) is 11.3 Å². The zero-order chi connectivity index (χ0) is 10.3. The second-order valence-electron chi connectivity index (χ2n) is 2.59. The molecule has 0 saturated carbocycles. The molecule has 1 N–H and O–H groups in total. The monoisotopic (exact) mass is 177 g/mol. The third-order valence-corrected chi connectivity index (χ3v) is 1.26. The van der Waals surface area contributed by atoms with Crippen molar-refractivity contribution in [3.63, 3.8) is 0 Å². The summed E-state index contributed by atoms with van der Waals surface area (Å²) in [7, 11) is 0. The van der Waals surface area contributed by atoms with Gasteiger partial charge in [0.1, 0.15) is 0 Å². The summed E-state index contributed by atoms with van der Waals surface area (Å²) < 4.78 is 0. The molecule has 1 amide bonds. The van der Waals surface area contributed by atoms with E-state index in [1.165, 1.54) is 0 Å². The third-order valence-electron chi connectivity index (χ3n) is 1.26. The minimum absolute atomic E-state index is 0.184. The molecule has 0 aliphatic rings. The lowest BCUT2D eigenvalue weighted by Crippen LogP contribution is -2.21. The van der Waals surface area contributed by atoms with Crippen molar-refractivity contribution >= 4 is 5.91 Å². The topological polar surface area (TPSA) is 29.1 Å². The van der Waals surface area contributed by atoms with E-state index in [1.54, 1.807) is 19.9 Å². The summed E-state index contributed by atoms with van der Waals surface area (Å²) >= 11 is 0. The van der Waals surface area contributed by atoms with Crippen molar-refractivity contribution in [3.05, 3.63) is 23.9 Å². The van der Waals surface area contributed by atoms with Gasteiger partial charge in [-0.05, 0) is 13.8 Å². The van der Waals surface area contributed by atoms with Crippen LogP contribution in [0.25, 0.3) is 0 Å². The van der Waals surface area contributed by atoms with Crippen molar-refractivity contribution in [1.82, 2.24) is 5.32 Å². The highest BCUT2D eigenvalue weighted by Gasteiger charge is 2.03. The highest BCUT2D eigenvalue weighted by Crippen LogP contribution is 1.94. The van der Waals surface area contributed by atoms with Gasteiger partial charge in [-0.15, -0.1) is 0 Å². The Bertz CT molecular complexity index is 289. The van der Waals surface area contributed by atoms with Gasteiger partial charge in [-0.3, -0.25) is 4.79 Å². The molecule has 0 aliphatic heterocycles. The Morgan fingerprint density at radius 3 is 2.62 bits per heavy atom. The average molecular weight is 177 g/mol. The van der Waals surface area contributed by atoms with Crippen molar-refractivity contribution in [2.45, 2.75) is 27.2 Å². The standard InChI is InChI=1S/C11H15NO/c1-5-7-8-10(6-2)11(13)12-9(3)4/h6H,3,5H2,1-2,4H3,(H,12,13)/b10-6-. The van der Waals surface area contributed by atoms with E-state index in [-0.39, 0.29) is 5.91 Å². The molecule has 0 radical (unpaired) electrons. The van der Waals surface area contributed by atoms with Gasteiger partial charge in [-0.25, -0.2) is 0 Å². The van der Waals surface area contributed by atoms with Crippen LogP contribution in [-0.4, -0.2) is 5.91 Å². The Morgan fingerprint density at radius 2 is 2.23 bits per heavy atom. The smallest absolute Gasteiger partial charge is 0.263 e. The third kappa shape index (κ3) is 4.86. The minimum atomic E-state index is -0.184. The number of amides is 1. The molecule has 2 heteroatoms. The molecule has 0 atom stereocenters. The van der Waals surface area contributed by atoms with Gasteiger partial charge in [0.25, 0.3) is 5.91 Å². The van der Waals surface area contributed by atoms with E-state index in [0.717, 1.165) is 6.42 Å². The SMILES string of the molecule is C=C(C)NC(=O)/C(C#CCC)=C\C. The van der Waals surface area contributed by atoms with Crippen molar-refractivity contribution in [3.8, 4) is 11.8 Å². The first-order valence-electron chi connectivity index (χ1n) is 4.23. The fourth-order valence-electron chi connectivity index (χ4n) is 0.705. The summed E-state index contributed by atoms with van der Waals surface area (Å²) in [4.78, 5) is 11.3. The van der Waals surface area contributed by atoms with Crippen LogP contribution in [0.15, 0.2) is 23.9 Å². The lowest BCUT2D eigenvalue weighted by atomic mass is 10.2. The summed E-state index contributed by atoms with van der Waals surface area (Å²) in [5.74, 6) is 5.44. The number of hydrogen-bond donors (Lipinski definition) is 1. The van der Waals surface area contributed by atoms with Crippen molar-refractivity contribution in [2.75, 3.05) is 0 Å².